The lowest BCUT2D eigenvalue weighted by atomic mass is 10.0. The molecule has 0 aliphatic heterocycles. The minimum absolute atomic E-state index is 0.235. The average molecular weight is 368 g/mol. The molecule has 0 heterocycles. The summed E-state index contributed by atoms with van der Waals surface area (Å²) in [5.74, 6) is -0.722. The van der Waals surface area contributed by atoms with Crippen LogP contribution in [0.3, 0.4) is 0 Å². The summed E-state index contributed by atoms with van der Waals surface area (Å²) in [7, 11) is 0. The first-order chi connectivity index (χ1) is 12.7. The molecule has 0 spiro atoms. The van der Waals surface area contributed by atoms with E-state index < -0.39 is 5.97 Å². The standard InChI is InChI=1S/C23H45NO2/c1-3-4-5-6-7-8-9-10-11-12-13-14-15-16-17-19-22(2)24-21-18-20-23(25)26/h24H,2-21H2,1H3,(H,25,26). The van der Waals surface area contributed by atoms with E-state index in [2.05, 4.69) is 18.8 Å². The highest BCUT2D eigenvalue weighted by Crippen LogP contribution is 2.14. The van der Waals surface area contributed by atoms with Crippen molar-refractivity contribution in [1.82, 2.24) is 5.32 Å². The molecule has 0 aliphatic carbocycles. The van der Waals surface area contributed by atoms with Crippen LogP contribution >= 0.6 is 0 Å². The van der Waals surface area contributed by atoms with Gasteiger partial charge in [0, 0.05) is 18.7 Å². The molecule has 3 heteroatoms. The quantitative estimate of drug-likeness (QED) is 0.211. The van der Waals surface area contributed by atoms with E-state index in [4.69, 9.17) is 5.11 Å². The fourth-order valence-corrected chi connectivity index (χ4v) is 3.30. The number of rotatable bonds is 21. The topological polar surface area (TPSA) is 49.3 Å². The highest BCUT2D eigenvalue weighted by Gasteiger charge is 1.98. The number of hydrogen-bond donors (Lipinski definition) is 2. The summed E-state index contributed by atoms with van der Waals surface area (Å²) < 4.78 is 0. The molecule has 0 rings (SSSR count). The van der Waals surface area contributed by atoms with Crippen molar-refractivity contribution < 1.29 is 9.90 Å². The second-order valence-electron chi connectivity index (χ2n) is 7.73. The minimum atomic E-state index is -0.722. The van der Waals surface area contributed by atoms with E-state index in [1.165, 1.54) is 96.3 Å². The number of allylic oxidation sites excluding steroid dienone is 1. The Morgan fingerprint density at radius 1 is 0.692 bits per heavy atom. The summed E-state index contributed by atoms with van der Waals surface area (Å²) in [6.07, 6.45) is 22.7. The first-order valence-corrected chi connectivity index (χ1v) is 11.3. The van der Waals surface area contributed by atoms with Crippen molar-refractivity contribution in [3.05, 3.63) is 12.3 Å². The van der Waals surface area contributed by atoms with Crippen LogP contribution in [-0.4, -0.2) is 17.6 Å². The van der Waals surface area contributed by atoms with E-state index in [1.54, 1.807) is 0 Å². The normalized spacial score (nSPS) is 10.8. The monoisotopic (exact) mass is 367 g/mol. The van der Waals surface area contributed by atoms with Gasteiger partial charge in [-0.2, -0.15) is 0 Å². The Labute approximate surface area is 163 Å². The van der Waals surface area contributed by atoms with Gasteiger partial charge in [0.05, 0.1) is 0 Å². The molecule has 0 unspecified atom stereocenters. The highest BCUT2D eigenvalue weighted by molar-refractivity contribution is 5.66. The number of nitrogens with one attached hydrogen (secondary N) is 1. The Balaban J connectivity index is 3.12. The van der Waals surface area contributed by atoms with E-state index in [9.17, 15) is 4.79 Å². The van der Waals surface area contributed by atoms with E-state index in [-0.39, 0.29) is 6.42 Å². The fourth-order valence-electron chi connectivity index (χ4n) is 3.30. The zero-order valence-electron chi connectivity index (χ0n) is 17.5. The van der Waals surface area contributed by atoms with E-state index in [0.717, 1.165) is 18.7 Å². The lowest BCUT2D eigenvalue weighted by molar-refractivity contribution is -0.137. The number of carbonyl (C=O) groups is 1. The predicted octanol–water partition coefficient (Wildman–Crippen LogP) is 7.22. The molecule has 0 aromatic rings. The molecule has 0 aromatic heterocycles. The molecule has 0 aromatic carbocycles. The van der Waals surface area contributed by atoms with E-state index in [0.29, 0.717) is 6.42 Å². The Morgan fingerprint density at radius 2 is 1.12 bits per heavy atom. The zero-order valence-corrected chi connectivity index (χ0v) is 17.5. The number of carboxylic acid groups (broad SMARTS) is 1. The first kappa shape index (κ1) is 25.0. The van der Waals surface area contributed by atoms with Gasteiger partial charge in [-0.3, -0.25) is 4.79 Å². The second-order valence-corrected chi connectivity index (χ2v) is 7.73. The third kappa shape index (κ3) is 21.1. The lowest BCUT2D eigenvalue weighted by Crippen LogP contribution is -2.15. The maximum atomic E-state index is 10.4. The molecule has 154 valence electrons. The smallest absolute Gasteiger partial charge is 0.303 e. The molecule has 26 heavy (non-hydrogen) atoms. The molecule has 0 saturated heterocycles. The van der Waals surface area contributed by atoms with Crippen molar-refractivity contribution in [2.75, 3.05) is 6.54 Å². The van der Waals surface area contributed by atoms with Gasteiger partial charge in [0.25, 0.3) is 0 Å². The Hall–Kier alpha value is -0.990. The molecule has 0 fully saturated rings. The maximum Gasteiger partial charge on any atom is 0.303 e. The molecular weight excluding hydrogens is 322 g/mol. The Kier molecular flexibility index (Phi) is 19.5. The van der Waals surface area contributed by atoms with Gasteiger partial charge in [-0.25, -0.2) is 0 Å². The van der Waals surface area contributed by atoms with Crippen LogP contribution in [0.15, 0.2) is 12.3 Å². The van der Waals surface area contributed by atoms with Crippen LogP contribution in [0, 0.1) is 0 Å². The van der Waals surface area contributed by atoms with Gasteiger partial charge in [-0.1, -0.05) is 103 Å². The summed E-state index contributed by atoms with van der Waals surface area (Å²) in [5.41, 5.74) is 1.06. The van der Waals surface area contributed by atoms with Crippen molar-refractivity contribution in [1.29, 1.82) is 0 Å². The van der Waals surface area contributed by atoms with Gasteiger partial charge in [0.2, 0.25) is 0 Å². The third-order valence-electron chi connectivity index (χ3n) is 5.02. The molecule has 0 amide bonds. The fraction of sp³-hybridized carbons (Fsp3) is 0.870. The van der Waals surface area contributed by atoms with Gasteiger partial charge in [-0.05, 0) is 19.3 Å². The van der Waals surface area contributed by atoms with Crippen molar-refractivity contribution in [2.24, 2.45) is 0 Å². The molecule has 0 atom stereocenters. The van der Waals surface area contributed by atoms with Crippen LogP contribution in [0.5, 0.6) is 0 Å². The summed E-state index contributed by atoms with van der Waals surface area (Å²) in [4.78, 5) is 10.4. The number of aliphatic carboxylic acids is 1. The second kappa shape index (κ2) is 20.3. The van der Waals surface area contributed by atoms with E-state index >= 15 is 0 Å². The molecule has 0 saturated carbocycles. The van der Waals surface area contributed by atoms with Gasteiger partial charge in [0.1, 0.15) is 0 Å². The molecular formula is C23H45NO2. The van der Waals surface area contributed by atoms with Gasteiger partial charge in [0.15, 0.2) is 0 Å². The lowest BCUT2D eigenvalue weighted by Gasteiger charge is -2.08. The summed E-state index contributed by atoms with van der Waals surface area (Å²) >= 11 is 0. The largest absolute Gasteiger partial charge is 0.481 e. The van der Waals surface area contributed by atoms with Crippen LogP contribution in [-0.2, 0) is 4.79 Å². The van der Waals surface area contributed by atoms with Crippen LogP contribution < -0.4 is 5.32 Å². The molecule has 0 bridgehead atoms. The predicted molar refractivity (Wildman–Crippen MR) is 114 cm³/mol. The van der Waals surface area contributed by atoms with Gasteiger partial charge in [-0.15, -0.1) is 0 Å². The van der Waals surface area contributed by atoms with Crippen molar-refractivity contribution >= 4 is 5.97 Å². The maximum absolute atomic E-state index is 10.4. The minimum Gasteiger partial charge on any atom is -0.481 e. The van der Waals surface area contributed by atoms with Crippen LogP contribution in [0.1, 0.15) is 122 Å². The third-order valence-corrected chi connectivity index (χ3v) is 5.02. The van der Waals surface area contributed by atoms with Gasteiger partial charge >= 0.3 is 5.97 Å². The van der Waals surface area contributed by atoms with Crippen LogP contribution in [0.2, 0.25) is 0 Å². The first-order valence-electron chi connectivity index (χ1n) is 11.3. The number of unbranched alkanes of at least 4 members (excludes halogenated alkanes) is 14. The molecule has 3 nitrogen and oxygen atoms in total. The molecule has 0 aliphatic rings. The summed E-state index contributed by atoms with van der Waals surface area (Å²) in [6.45, 7) is 7.02. The average Bonchev–Trinajstić information content (AvgIpc) is 2.62. The Morgan fingerprint density at radius 3 is 1.54 bits per heavy atom. The van der Waals surface area contributed by atoms with Crippen molar-refractivity contribution in [2.45, 2.75) is 122 Å². The number of hydrogen-bond acceptors (Lipinski definition) is 2. The van der Waals surface area contributed by atoms with Crippen LogP contribution in [0.4, 0.5) is 0 Å². The highest BCUT2D eigenvalue weighted by atomic mass is 16.4. The van der Waals surface area contributed by atoms with Gasteiger partial charge < -0.3 is 10.4 Å². The molecule has 2 N–H and O–H groups in total. The summed E-state index contributed by atoms with van der Waals surface area (Å²) in [5, 5.41) is 11.8. The van der Waals surface area contributed by atoms with Crippen molar-refractivity contribution in [3.8, 4) is 0 Å². The summed E-state index contributed by atoms with van der Waals surface area (Å²) in [6, 6.07) is 0. The van der Waals surface area contributed by atoms with Crippen molar-refractivity contribution in [3.63, 3.8) is 0 Å². The number of carboxylic acids is 1. The van der Waals surface area contributed by atoms with Crippen LogP contribution in [0.25, 0.3) is 0 Å². The SMILES string of the molecule is C=C(CCCCCCCCCCCCCCCCC)NCCCC(=O)O. The Bertz CT molecular complexity index is 328. The van der Waals surface area contributed by atoms with E-state index in [1.807, 2.05) is 0 Å². The molecule has 0 radical (unpaired) electrons. The zero-order chi connectivity index (χ0) is 19.3.